The van der Waals surface area contributed by atoms with E-state index in [-0.39, 0.29) is 12.3 Å². The molecule has 0 bridgehead atoms. The highest BCUT2D eigenvalue weighted by molar-refractivity contribution is 7.98. The average Bonchev–Trinajstić information content (AvgIpc) is 3.34. The lowest BCUT2D eigenvalue weighted by Gasteiger charge is -2.07. The Morgan fingerprint density at radius 2 is 1.94 bits per heavy atom. The Bertz CT molecular complexity index is 1210. The maximum Gasteiger partial charge on any atom is 0.227 e. The van der Waals surface area contributed by atoms with Crippen molar-refractivity contribution in [3.05, 3.63) is 64.6 Å². The van der Waals surface area contributed by atoms with Gasteiger partial charge in [0.05, 0.1) is 16.8 Å². The van der Waals surface area contributed by atoms with E-state index in [1.54, 1.807) is 13.0 Å². The number of carbonyl (C=O) groups excluding carboxylic acids is 1. The Morgan fingerprint density at radius 1 is 1.13 bits per heavy atom. The molecule has 0 spiro atoms. The highest BCUT2D eigenvalue weighted by Crippen LogP contribution is 2.24. The number of nitrogens with zero attached hydrogens (tertiary/aromatic N) is 3. The lowest BCUT2D eigenvalue weighted by atomic mass is 10.1. The van der Waals surface area contributed by atoms with Gasteiger partial charge in [-0.1, -0.05) is 23.0 Å². The van der Waals surface area contributed by atoms with Crippen molar-refractivity contribution < 1.29 is 13.7 Å². The molecule has 0 aliphatic rings. The number of fused-ring (bicyclic) bond motifs is 1. The Hall–Kier alpha value is -3.20. The molecule has 0 fully saturated rings. The number of aryl methyl sites for hydroxylation is 4. The average molecular weight is 440 g/mol. The van der Waals surface area contributed by atoms with Gasteiger partial charge in [-0.05, 0) is 61.7 Å². The number of halogens is 1. The summed E-state index contributed by atoms with van der Waals surface area (Å²) in [5.41, 5.74) is 5.60. The normalized spacial score (nSPS) is 11.2. The molecular formula is C22H22FN5O2S. The molecule has 2 aromatic carbocycles. The van der Waals surface area contributed by atoms with Crippen molar-refractivity contribution in [2.75, 3.05) is 5.32 Å². The maximum atomic E-state index is 13.3. The fourth-order valence-corrected chi connectivity index (χ4v) is 3.79. The number of benzene rings is 2. The molecule has 2 heterocycles. The smallest absolute Gasteiger partial charge is 0.227 e. The molecule has 9 heteroatoms. The second-order valence-corrected chi connectivity index (χ2v) is 8.36. The molecule has 2 N–H and O–H groups in total. The van der Waals surface area contributed by atoms with E-state index in [1.807, 2.05) is 0 Å². The molecule has 0 saturated carbocycles. The zero-order valence-electron chi connectivity index (χ0n) is 17.5. The summed E-state index contributed by atoms with van der Waals surface area (Å²) in [5.74, 6) is 0.785. The highest BCUT2D eigenvalue weighted by atomic mass is 32.2. The minimum Gasteiger partial charge on any atom is -0.339 e. The van der Waals surface area contributed by atoms with Crippen LogP contribution in [0.25, 0.3) is 11.0 Å². The van der Waals surface area contributed by atoms with Gasteiger partial charge in [-0.25, -0.2) is 9.37 Å². The van der Waals surface area contributed by atoms with Crippen molar-refractivity contribution >= 4 is 34.4 Å². The van der Waals surface area contributed by atoms with Crippen LogP contribution in [-0.4, -0.2) is 26.0 Å². The molecule has 4 rings (SSSR count). The summed E-state index contributed by atoms with van der Waals surface area (Å²) in [6.07, 6.45) is 0.466. The molecule has 0 aliphatic carbocycles. The number of aromatic nitrogens is 4. The number of carbonyl (C=O) groups is 1. The zero-order chi connectivity index (χ0) is 22.0. The van der Waals surface area contributed by atoms with Gasteiger partial charge in [0, 0.05) is 18.5 Å². The lowest BCUT2D eigenvalue weighted by Crippen LogP contribution is -2.13. The van der Waals surface area contributed by atoms with Gasteiger partial charge in [0.15, 0.2) is 11.0 Å². The molecule has 160 valence electrons. The number of imidazole rings is 1. The van der Waals surface area contributed by atoms with Crippen LogP contribution in [-0.2, 0) is 17.0 Å². The van der Waals surface area contributed by atoms with Crippen LogP contribution < -0.4 is 5.32 Å². The molecule has 1 amide bonds. The van der Waals surface area contributed by atoms with Crippen molar-refractivity contribution in [2.45, 2.75) is 44.5 Å². The van der Waals surface area contributed by atoms with E-state index < -0.39 is 5.82 Å². The molecule has 0 atom stereocenters. The third-order valence-electron chi connectivity index (χ3n) is 4.96. The lowest BCUT2D eigenvalue weighted by molar-refractivity contribution is -0.116. The van der Waals surface area contributed by atoms with Crippen molar-refractivity contribution in [2.24, 2.45) is 0 Å². The largest absolute Gasteiger partial charge is 0.339 e. The van der Waals surface area contributed by atoms with Crippen molar-refractivity contribution in [1.82, 2.24) is 20.1 Å². The number of H-pyrrole nitrogens is 1. The van der Waals surface area contributed by atoms with Crippen molar-refractivity contribution in [3.8, 4) is 0 Å². The first-order chi connectivity index (χ1) is 14.9. The summed E-state index contributed by atoms with van der Waals surface area (Å²) in [6.45, 7) is 5.95. The Balaban J connectivity index is 1.30. The second-order valence-electron chi connectivity index (χ2n) is 7.40. The Labute approximate surface area is 182 Å². The van der Waals surface area contributed by atoms with E-state index in [9.17, 15) is 9.18 Å². The maximum absolute atomic E-state index is 13.3. The molecule has 0 saturated heterocycles. The van der Waals surface area contributed by atoms with Gasteiger partial charge >= 0.3 is 0 Å². The van der Waals surface area contributed by atoms with E-state index in [4.69, 9.17) is 4.52 Å². The third kappa shape index (κ3) is 5.11. The van der Waals surface area contributed by atoms with Crippen LogP contribution in [0.2, 0.25) is 0 Å². The number of amides is 1. The third-order valence-corrected chi connectivity index (χ3v) is 5.83. The SMILES string of the molecule is Cc1cc2nc(SCc3noc(CCC(=O)Nc4cc(F)ccc4C)n3)[nH]c2cc1C. The summed E-state index contributed by atoms with van der Waals surface area (Å²) in [5, 5.41) is 7.47. The fraction of sp³-hybridized carbons (Fsp3) is 0.273. The van der Waals surface area contributed by atoms with Gasteiger partial charge in [-0.2, -0.15) is 4.98 Å². The standard InChI is InChI=1S/C22H22FN5O2S/c1-12-4-5-15(23)10-16(12)24-20(29)6-7-21-27-19(28-30-21)11-31-22-25-17-8-13(2)14(3)9-18(17)26-22/h4-5,8-10H,6-7,11H2,1-3H3,(H,24,29)(H,25,26). The van der Waals surface area contributed by atoms with E-state index in [2.05, 4.69) is 51.4 Å². The quantitative estimate of drug-likeness (QED) is 0.399. The first-order valence-corrected chi connectivity index (χ1v) is 10.8. The molecule has 0 unspecified atom stereocenters. The van der Waals surface area contributed by atoms with Gasteiger partial charge in [-0.15, -0.1) is 0 Å². The van der Waals surface area contributed by atoms with E-state index in [0.717, 1.165) is 21.8 Å². The molecule has 4 aromatic rings. The van der Waals surface area contributed by atoms with Gasteiger partial charge < -0.3 is 14.8 Å². The number of hydrogen-bond acceptors (Lipinski definition) is 6. The number of thioether (sulfide) groups is 1. The summed E-state index contributed by atoms with van der Waals surface area (Å²) in [7, 11) is 0. The van der Waals surface area contributed by atoms with Crippen LogP contribution in [0.15, 0.2) is 40.0 Å². The van der Waals surface area contributed by atoms with Crippen LogP contribution in [0.3, 0.4) is 0 Å². The van der Waals surface area contributed by atoms with E-state index in [0.29, 0.717) is 29.6 Å². The van der Waals surface area contributed by atoms with Crippen molar-refractivity contribution in [3.63, 3.8) is 0 Å². The molecule has 7 nitrogen and oxygen atoms in total. The predicted molar refractivity (Wildman–Crippen MR) is 118 cm³/mol. The van der Waals surface area contributed by atoms with Crippen molar-refractivity contribution in [1.29, 1.82) is 0 Å². The first kappa shape index (κ1) is 21.0. The summed E-state index contributed by atoms with van der Waals surface area (Å²) >= 11 is 1.49. The summed E-state index contributed by atoms with van der Waals surface area (Å²) in [6, 6.07) is 8.43. The number of hydrogen-bond donors (Lipinski definition) is 2. The molecule has 0 radical (unpaired) electrons. The van der Waals surface area contributed by atoms with Gasteiger partial charge in [0.2, 0.25) is 11.8 Å². The Kier molecular flexibility index (Phi) is 6.03. The number of nitrogens with one attached hydrogen (secondary N) is 2. The van der Waals surface area contributed by atoms with Crippen LogP contribution in [0.4, 0.5) is 10.1 Å². The molecule has 0 aliphatic heterocycles. The number of anilines is 1. The van der Waals surface area contributed by atoms with Gasteiger partial charge in [-0.3, -0.25) is 4.79 Å². The molecule has 2 aromatic heterocycles. The zero-order valence-corrected chi connectivity index (χ0v) is 18.3. The molecular weight excluding hydrogens is 417 g/mol. The van der Waals surface area contributed by atoms with Crippen LogP contribution in [0.1, 0.15) is 34.8 Å². The fourth-order valence-electron chi connectivity index (χ4n) is 3.06. The summed E-state index contributed by atoms with van der Waals surface area (Å²) < 4.78 is 18.6. The number of aromatic amines is 1. The topological polar surface area (TPSA) is 96.7 Å². The monoisotopic (exact) mass is 439 g/mol. The summed E-state index contributed by atoms with van der Waals surface area (Å²) in [4.78, 5) is 24.4. The van der Waals surface area contributed by atoms with Crippen LogP contribution >= 0.6 is 11.8 Å². The highest BCUT2D eigenvalue weighted by Gasteiger charge is 2.12. The van der Waals surface area contributed by atoms with Gasteiger partial charge in [0.1, 0.15) is 5.82 Å². The predicted octanol–water partition coefficient (Wildman–Crippen LogP) is 4.87. The van der Waals surface area contributed by atoms with E-state index in [1.165, 1.54) is 35.0 Å². The minimum atomic E-state index is -0.394. The Morgan fingerprint density at radius 3 is 2.77 bits per heavy atom. The molecule has 31 heavy (non-hydrogen) atoms. The minimum absolute atomic E-state index is 0.160. The van der Waals surface area contributed by atoms with Crippen LogP contribution in [0.5, 0.6) is 0 Å². The second kappa shape index (κ2) is 8.89. The number of rotatable bonds is 7. The van der Waals surface area contributed by atoms with Crippen LogP contribution in [0, 0.1) is 26.6 Å². The van der Waals surface area contributed by atoms with Gasteiger partial charge in [0.25, 0.3) is 0 Å². The van der Waals surface area contributed by atoms with E-state index >= 15 is 0 Å². The first-order valence-electron chi connectivity index (χ1n) is 9.84.